The molecule has 29 heavy (non-hydrogen) atoms. The predicted molar refractivity (Wildman–Crippen MR) is 111 cm³/mol. The predicted octanol–water partition coefficient (Wildman–Crippen LogP) is 2.39. The summed E-state index contributed by atoms with van der Waals surface area (Å²) < 4.78 is 11.0. The topological polar surface area (TPSA) is 80.8 Å². The van der Waals surface area contributed by atoms with Gasteiger partial charge in [0.2, 0.25) is 5.91 Å². The van der Waals surface area contributed by atoms with Crippen molar-refractivity contribution in [2.45, 2.75) is 38.5 Å². The minimum Gasteiger partial charge on any atom is -0.458 e. The summed E-state index contributed by atoms with van der Waals surface area (Å²) in [5, 5.41) is 5.80. The lowest BCUT2D eigenvalue weighted by Gasteiger charge is -2.33. The van der Waals surface area contributed by atoms with E-state index in [1.54, 1.807) is 6.20 Å². The van der Waals surface area contributed by atoms with Crippen molar-refractivity contribution in [1.29, 1.82) is 0 Å². The van der Waals surface area contributed by atoms with Gasteiger partial charge in [-0.25, -0.2) is 9.78 Å². The van der Waals surface area contributed by atoms with E-state index in [1.807, 2.05) is 61.4 Å². The molecule has 0 unspecified atom stereocenters. The Hall–Kier alpha value is -2.29. The van der Waals surface area contributed by atoms with E-state index < -0.39 is 17.7 Å². The fraction of sp³-hybridized carbons (Fsp3) is 0.476. The molecule has 3 rings (SSSR count). The molecule has 7 nitrogen and oxygen atoms in total. The lowest BCUT2D eigenvalue weighted by atomic mass is 10.1. The molecule has 0 radical (unpaired) electrons. The molecule has 1 fully saturated rings. The van der Waals surface area contributed by atoms with Crippen molar-refractivity contribution in [2.75, 3.05) is 26.2 Å². The zero-order valence-corrected chi connectivity index (χ0v) is 17.8. The van der Waals surface area contributed by atoms with E-state index in [0.29, 0.717) is 19.7 Å². The van der Waals surface area contributed by atoms with Crippen molar-refractivity contribution in [3.05, 3.63) is 52.5 Å². The van der Waals surface area contributed by atoms with Gasteiger partial charge in [-0.3, -0.25) is 9.69 Å². The highest BCUT2D eigenvalue weighted by molar-refractivity contribution is 7.09. The van der Waals surface area contributed by atoms with Gasteiger partial charge in [0.25, 0.3) is 0 Å². The second-order valence-electron chi connectivity index (χ2n) is 7.91. The SMILES string of the molecule is CC(C)(C)OC(=O)[C@@H]1CN(CC(=O)N[C@H](c2ccccc2)c2nccs2)CCO1. The Morgan fingerprint density at radius 3 is 2.76 bits per heavy atom. The molecule has 1 amide bonds. The average Bonchev–Trinajstić information content (AvgIpc) is 3.20. The van der Waals surface area contributed by atoms with E-state index >= 15 is 0 Å². The monoisotopic (exact) mass is 417 g/mol. The molecular weight excluding hydrogens is 390 g/mol. The number of hydrogen-bond acceptors (Lipinski definition) is 7. The summed E-state index contributed by atoms with van der Waals surface area (Å²) in [4.78, 5) is 31.3. The molecule has 2 aromatic rings. The van der Waals surface area contributed by atoms with Crippen molar-refractivity contribution in [1.82, 2.24) is 15.2 Å². The first-order chi connectivity index (χ1) is 13.8. The number of morpholine rings is 1. The molecule has 2 atom stereocenters. The number of amides is 1. The lowest BCUT2D eigenvalue weighted by molar-refractivity contribution is -0.174. The normalized spacial score (nSPS) is 18.8. The van der Waals surface area contributed by atoms with Gasteiger partial charge in [-0.1, -0.05) is 30.3 Å². The van der Waals surface area contributed by atoms with Crippen LogP contribution in [0.15, 0.2) is 41.9 Å². The minimum atomic E-state index is -0.681. The van der Waals surface area contributed by atoms with Crippen molar-refractivity contribution >= 4 is 23.2 Å². The van der Waals surface area contributed by atoms with E-state index in [-0.39, 0.29) is 18.5 Å². The van der Waals surface area contributed by atoms with Gasteiger partial charge in [0.05, 0.1) is 13.2 Å². The minimum absolute atomic E-state index is 0.126. The number of nitrogens with one attached hydrogen (secondary N) is 1. The summed E-state index contributed by atoms with van der Waals surface area (Å²) in [5.41, 5.74) is 0.404. The maximum Gasteiger partial charge on any atom is 0.337 e. The number of esters is 1. The third kappa shape index (κ3) is 6.35. The van der Waals surface area contributed by atoms with Gasteiger partial charge in [-0.15, -0.1) is 11.3 Å². The lowest BCUT2D eigenvalue weighted by Crippen LogP contribution is -2.50. The Balaban J connectivity index is 1.61. The summed E-state index contributed by atoms with van der Waals surface area (Å²) in [5.74, 6) is -0.522. The van der Waals surface area contributed by atoms with E-state index in [1.165, 1.54) is 11.3 Å². The Bertz CT molecular complexity index is 805. The molecule has 1 aliphatic rings. The molecular formula is C21H27N3O4S. The molecule has 156 valence electrons. The second-order valence-corrected chi connectivity index (χ2v) is 8.84. The number of hydrogen-bond donors (Lipinski definition) is 1. The number of carbonyl (C=O) groups is 2. The van der Waals surface area contributed by atoms with Crippen molar-refractivity contribution in [2.24, 2.45) is 0 Å². The third-order valence-corrected chi connectivity index (χ3v) is 5.16. The number of nitrogens with zero attached hydrogens (tertiary/aromatic N) is 2. The number of carbonyl (C=O) groups excluding carboxylic acids is 2. The first-order valence-corrected chi connectivity index (χ1v) is 10.5. The van der Waals surface area contributed by atoms with Crippen LogP contribution in [0.25, 0.3) is 0 Å². The van der Waals surface area contributed by atoms with Crippen LogP contribution in [-0.4, -0.2) is 59.7 Å². The number of aromatic nitrogens is 1. The van der Waals surface area contributed by atoms with Gasteiger partial charge < -0.3 is 14.8 Å². The molecule has 0 saturated carbocycles. The van der Waals surface area contributed by atoms with Gasteiger partial charge in [0, 0.05) is 24.7 Å². The van der Waals surface area contributed by atoms with Gasteiger partial charge in [0.1, 0.15) is 16.7 Å². The second kappa shape index (κ2) is 9.47. The fourth-order valence-electron chi connectivity index (χ4n) is 3.08. The smallest absolute Gasteiger partial charge is 0.337 e. The molecule has 0 spiro atoms. The largest absolute Gasteiger partial charge is 0.458 e. The molecule has 2 heterocycles. The van der Waals surface area contributed by atoms with Gasteiger partial charge in [-0.2, -0.15) is 0 Å². The molecule has 1 aliphatic heterocycles. The zero-order valence-electron chi connectivity index (χ0n) is 17.0. The highest BCUT2D eigenvalue weighted by Crippen LogP contribution is 2.23. The molecule has 8 heteroatoms. The van der Waals surface area contributed by atoms with Crippen molar-refractivity contribution in [3.63, 3.8) is 0 Å². The standard InChI is InChI=1S/C21H27N3O4S/c1-21(2,3)28-20(26)16-13-24(10-11-27-16)14-17(25)23-18(19-22-9-12-29-19)15-7-5-4-6-8-15/h4-9,12,16,18H,10-11,13-14H2,1-3H3,(H,23,25)/t16-,18+/m0/s1. The molecule has 0 bridgehead atoms. The van der Waals surface area contributed by atoms with E-state index in [0.717, 1.165) is 10.6 Å². The fourth-order valence-corrected chi connectivity index (χ4v) is 3.79. The Morgan fingerprint density at radius 1 is 1.34 bits per heavy atom. The molecule has 1 aromatic heterocycles. The third-order valence-electron chi connectivity index (χ3n) is 4.32. The number of benzene rings is 1. The molecule has 1 N–H and O–H groups in total. The molecule has 0 aliphatic carbocycles. The van der Waals surface area contributed by atoms with Gasteiger partial charge in [-0.05, 0) is 26.3 Å². The van der Waals surface area contributed by atoms with Crippen LogP contribution in [-0.2, 0) is 19.1 Å². The summed E-state index contributed by atoms with van der Waals surface area (Å²) in [6.45, 7) is 6.93. The van der Waals surface area contributed by atoms with Crippen LogP contribution in [0.5, 0.6) is 0 Å². The first-order valence-electron chi connectivity index (χ1n) is 9.62. The maximum absolute atomic E-state index is 12.8. The van der Waals surface area contributed by atoms with Gasteiger partial charge in [0.15, 0.2) is 6.10 Å². The highest BCUT2D eigenvalue weighted by atomic mass is 32.1. The van der Waals surface area contributed by atoms with Crippen LogP contribution in [0.3, 0.4) is 0 Å². The van der Waals surface area contributed by atoms with E-state index in [4.69, 9.17) is 9.47 Å². The first kappa shape index (κ1) is 21.4. The summed E-state index contributed by atoms with van der Waals surface area (Å²) in [6, 6.07) is 9.46. The van der Waals surface area contributed by atoms with Gasteiger partial charge >= 0.3 is 5.97 Å². The number of thiazole rings is 1. The zero-order chi connectivity index (χ0) is 20.9. The van der Waals surface area contributed by atoms with Crippen LogP contribution in [0, 0.1) is 0 Å². The number of ether oxygens (including phenoxy) is 2. The van der Waals surface area contributed by atoms with E-state index in [2.05, 4.69) is 10.3 Å². The average molecular weight is 418 g/mol. The van der Waals surface area contributed by atoms with Crippen LogP contribution in [0.1, 0.15) is 37.4 Å². The summed E-state index contributed by atoms with van der Waals surface area (Å²) in [6.07, 6.45) is 1.05. The maximum atomic E-state index is 12.8. The van der Waals surface area contributed by atoms with Crippen molar-refractivity contribution < 1.29 is 19.1 Å². The van der Waals surface area contributed by atoms with Crippen LogP contribution in [0.2, 0.25) is 0 Å². The highest BCUT2D eigenvalue weighted by Gasteiger charge is 2.31. The molecule has 1 aromatic carbocycles. The van der Waals surface area contributed by atoms with Crippen LogP contribution < -0.4 is 5.32 Å². The Kier molecular flexibility index (Phi) is 7.00. The van der Waals surface area contributed by atoms with Crippen LogP contribution in [0.4, 0.5) is 0 Å². The van der Waals surface area contributed by atoms with Crippen molar-refractivity contribution in [3.8, 4) is 0 Å². The summed E-state index contributed by atoms with van der Waals surface area (Å²) in [7, 11) is 0. The van der Waals surface area contributed by atoms with Crippen LogP contribution >= 0.6 is 11.3 Å². The Labute approximate surface area is 175 Å². The summed E-state index contributed by atoms with van der Waals surface area (Å²) >= 11 is 1.50. The quantitative estimate of drug-likeness (QED) is 0.727. The number of rotatable bonds is 6. The molecule has 1 saturated heterocycles. The van der Waals surface area contributed by atoms with E-state index in [9.17, 15) is 9.59 Å². The Morgan fingerprint density at radius 2 is 2.10 bits per heavy atom.